The Labute approximate surface area is 94.2 Å². The minimum Gasteiger partial charge on any atom is -0.354 e. The van der Waals surface area contributed by atoms with Crippen LogP contribution in [0.3, 0.4) is 0 Å². The van der Waals surface area contributed by atoms with Crippen LogP contribution in [-0.2, 0) is 0 Å². The van der Waals surface area contributed by atoms with Gasteiger partial charge in [-0.15, -0.1) is 0 Å². The van der Waals surface area contributed by atoms with Gasteiger partial charge in [0.05, 0.1) is 0 Å². The topological polar surface area (TPSA) is 57.8 Å². The van der Waals surface area contributed by atoms with Crippen molar-refractivity contribution in [2.75, 3.05) is 5.32 Å². The number of nitrogens with zero attached hydrogens (tertiary/aromatic N) is 1. The zero-order valence-corrected chi connectivity index (χ0v) is 10.1. The van der Waals surface area contributed by atoms with E-state index in [2.05, 4.69) is 15.3 Å². The molecule has 0 amide bonds. The molecular formula is C7H9ClIN3O. The lowest BCUT2D eigenvalue weighted by Crippen LogP contribution is -2.19. The molecule has 0 fully saturated rings. The molecule has 4 nitrogen and oxygen atoms in total. The van der Waals surface area contributed by atoms with Crippen molar-refractivity contribution in [1.82, 2.24) is 9.97 Å². The minimum absolute atomic E-state index is 0.208. The molecule has 0 atom stereocenters. The molecule has 0 saturated heterocycles. The lowest BCUT2D eigenvalue weighted by atomic mass is 10.4. The predicted molar refractivity (Wildman–Crippen MR) is 61.3 cm³/mol. The van der Waals surface area contributed by atoms with Gasteiger partial charge in [-0.2, -0.15) is 0 Å². The van der Waals surface area contributed by atoms with Crippen molar-refractivity contribution >= 4 is 40.1 Å². The van der Waals surface area contributed by atoms with E-state index in [-0.39, 0.29) is 16.8 Å². The van der Waals surface area contributed by atoms with E-state index in [1.165, 1.54) is 0 Å². The van der Waals surface area contributed by atoms with Crippen molar-refractivity contribution in [2.45, 2.75) is 19.9 Å². The average molecular weight is 314 g/mol. The number of hydrogen-bond acceptors (Lipinski definition) is 3. The molecule has 13 heavy (non-hydrogen) atoms. The van der Waals surface area contributed by atoms with Gasteiger partial charge in [0, 0.05) is 6.04 Å². The third-order valence-corrected chi connectivity index (χ3v) is 2.84. The highest BCUT2D eigenvalue weighted by molar-refractivity contribution is 14.1. The number of nitrogens with one attached hydrogen (secondary N) is 2. The van der Waals surface area contributed by atoms with Crippen LogP contribution in [0.25, 0.3) is 0 Å². The molecule has 1 heterocycles. The first-order valence-electron chi connectivity index (χ1n) is 3.72. The summed E-state index contributed by atoms with van der Waals surface area (Å²) in [6, 6.07) is 0.208. The smallest absolute Gasteiger partial charge is 0.267 e. The molecule has 0 aliphatic carbocycles. The zero-order chi connectivity index (χ0) is 10.0. The van der Waals surface area contributed by atoms with Crippen LogP contribution >= 0.6 is 34.2 Å². The Morgan fingerprint density at radius 3 is 2.69 bits per heavy atom. The normalized spacial score (nSPS) is 10.5. The molecule has 72 valence electrons. The van der Waals surface area contributed by atoms with Gasteiger partial charge in [0.2, 0.25) is 5.95 Å². The number of aromatic nitrogens is 2. The Morgan fingerprint density at radius 1 is 1.62 bits per heavy atom. The Bertz CT molecular complexity index is 363. The summed E-state index contributed by atoms with van der Waals surface area (Å²) in [5.41, 5.74) is -0.219. The van der Waals surface area contributed by atoms with Gasteiger partial charge in [0.15, 0.2) is 5.15 Å². The first-order chi connectivity index (χ1) is 6.00. The second kappa shape index (κ2) is 4.28. The lowest BCUT2D eigenvalue weighted by Gasteiger charge is -2.08. The Kier molecular flexibility index (Phi) is 3.55. The van der Waals surface area contributed by atoms with Gasteiger partial charge in [0.1, 0.15) is 3.57 Å². The molecule has 0 spiro atoms. The second-order valence-corrected chi connectivity index (χ2v) is 4.26. The Morgan fingerprint density at radius 2 is 2.23 bits per heavy atom. The summed E-state index contributed by atoms with van der Waals surface area (Å²) in [4.78, 5) is 17.8. The fourth-order valence-corrected chi connectivity index (χ4v) is 1.20. The molecule has 1 aromatic heterocycles. The van der Waals surface area contributed by atoms with Gasteiger partial charge in [-0.25, -0.2) is 4.98 Å². The summed E-state index contributed by atoms with van der Waals surface area (Å²) in [5, 5.41) is 3.19. The van der Waals surface area contributed by atoms with Crippen LogP contribution in [-0.4, -0.2) is 16.0 Å². The predicted octanol–water partition coefficient (Wildman–Crippen LogP) is 1.85. The standard InChI is InChI=1S/C7H9ClIN3O/c1-3(2)10-7-11-5(8)4(9)6(13)12-7/h3H,1-2H3,(H2,10,11,12,13). The highest BCUT2D eigenvalue weighted by Gasteiger charge is 2.06. The van der Waals surface area contributed by atoms with Crippen molar-refractivity contribution in [3.8, 4) is 0 Å². The molecule has 0 bridgehead atoms. The van der Waals surface area contributed by atoms with E-state index in [0.717, 1.165) is 0 Å². The summed E-state index contributed by atoms with van der Waals surface area (Å²) in [5.74, 6) is 0.408. The fraction of sp³-hybridized carbons (Fsp3) is 0.429. The van der Waals surface area contributed by atoms with Crippen LogP contribution in [0.1, 0.15) is 13.8 Å². The van der Waals surface area contributed by atoms with Crippen LogP contribution in [0.4, 0.5) is 5.95 Å². The van der Waals surface area contributed by atoms with E-state index in [1.54, 1.807) is 0 Å². The monoisotopic (exact) mass is 313 g/mol. The maximum atomic E-state index is 11.2. The summed E-state index contributed by atoms with van der Waals surface area (Å²) in [6.45, 7) is 3.90. The maximum Gasteiger partial charge on any atom is 0.267 e. The van der Waals surface area contributed by atoms with Gasteiger partial charge in [-0.05, 0) is 36.4 Å². The summed E-state index contributed by atoms with van der Waals surface area (Å²) in [6.07, 6.45) is 0. The molecule has 0 aliphatic rings. The first kappa shape index (κ1) is 10.8. The van der Waals surface area contributed by atoms with Gasteiger partial charge in [0.25, 0.3) is 5.56 Å². The molecular weight excluding hydrogens is 304 g/mol. The van der Waals surface area contributed by atoms with Crippen molar-refractivity contribution in [3.63, 3.8) is 0 Å². The van der Waals surface area contributed by atoms with Crippen LogP contribution < -0.4 is 10.9 Å². The number of anilines is 1. The number of rotatable bonds is 2. The van der Waals surface area contributed by atoms with E-state index in [1.807, 2.05) is 36.4 Å². The molecule has 6 heteroatoms. The number of H-pyrrole nitrogens is 1. The minimum atomic E-state index is -0.219. The highest BCUT2D eigenvalue weighted by Crippen LogP contribution is 2.12. The van der Waals surface area contributed by atoms with Crippen molar-refractivity contribution in [1.29, 1.82) is 0 Å². The van der Waals surface area contributed by atoms with Gasteiger partial charge in [-0.1, -0.05) is 11.6 Å². The van der Waals surface area contributed by atoms with Crippen LogP contribution in [0, 0.1) is 3.57 Å². The lowest BCUT2D eigenvalue weighted by molar-refractivity contribution is 0.869. The SMILES string of the molecule is CC(C)Nc1nc(Cl)c(I)c(=O)[nH]1. The molecule has 1 aromatic rings. The molecule has 0 aliphatic heterocycles. The molecule has 1 rings (SSSR count). The molecule has 0 unspecified atom stereocenters. The molecule has 0 radical (unpaired) electrons. The Hall–Kier alpha value is -0.300. The van der Waals surface area contributed by atoms with Crippen LogP contribution in [0.5, 0.6) is 0 Å². The van der Waals surface area contributed by atoms with Gasteiger partial charge >= 0.3 is 0 Å². The number of aromatic amines is 1. The van der Waals surface area contributed by atoms with E-state index in [0.29, 0.717) is 9.52 Å². The average Bonchev–Trinajstić information content (AvgIpc) is 1.98. The van der Waals surface area contributed by atoms with E-state index >= 15 is 0 Å². The van der Waals surface area contributed by atoms with E-state index in [9.17, 15) is 4.79 Å². The third-order valence-electron chi connectivity index (χ3n) is 1.25. The quantitative estimate of drug-likeness (QED) is 0.647. The largest absolute Gasteiger partial charge is 0.354 e. The number of halogens is 2. The number of hydrogen-bond donors (Lipinski definition) is 2. The van der Waals surface area contributed by atoms with E-state index in [4.69, 9.17) is 11.6 Å². The van der Waals surface area contributed by atoms with Crippen molar-refractivity contribution in [3.05, 3.63) is 19.1 Å². The molecule has 0 saturated carbocycles. The summed E-state index contributed by atoms with van der Waals surface area (Å²) in [7, 11) is 0. The highest BCUT2D eigenvalue weighted by atomic mass is 127. The second-order valence-electron chi connectivity index (χ2n) is 2.82. The summed E-state index contributed by atoms with van der Waals surface area (Å²) >= 11 is 7.58. The first-order valence-corrected chi connectivity index (χ1v) is 5.18. The van der Waals surface area contributed by atoms with E-state index < -0.39 is 0 Å². The van der Waals surface area contributed by atoms with Gasteiger partial charge < -0.3 is 5.32 Å². The van der Waals surface area contributed by atoms with Gasteiger partial charge in [-0.3, -0.25) is 9.78 Å². The molecule has 2 N–H and O–H groups in total. The Balaban J connectivity index is 3.06. The fourth-order valence-electron chi connectivity index (χ4n) is 0.773. The van der Waals surface area contributed by atoms with Crippen molar-refractivity contribution < 1.29 is 0 Å². The zero-order valence-electron chi connectivity index (χ0n) is 7.19. The van der Waals surface area contributed by atoms with Crippen LogP contribution in [0.2, 0.25) is 5.15 Å². The summed E-state index contributed by atoms with van der Waals surface area (Å²) < 4.78 is 0.411. The van der Waals surface area contributed by atoms with Crippen molar-refractivity contribution in [2.24, 2.45) is 0 Å². The van der Waals surface area contributed by atoms with Crippen LogP contribution in [0.15, 0.2) is 4.79 Å². The maximum absolute atomic E-state index is 11.2. The molecule has 0 aromatic carbocycles. The third kappa shape index (κ3) is 2.84.